The van der Waals surface area contributed by atoms with E-state index in [1.165, 1.54) is 51.3 Å². The van der Waals surface area contributed by atoms with Crippen molar-refractivity contribution < 1.29 is 28.2 Å². The molecule has 0 radical (unpaired) electrons. The van der Waals surface area contributed by atoms with Crippen LogP contribution in [0.4, 0.5) is 20.6 Å². The van der Waals surface area contributed by atoms with Gasteiger partial charge in [-0.25, -0.2) is 18.9 Å². The molecule has 3 amide bonds. The van der Waals surface area contributed by atoms with Crippen LogP contribution in [-0.2, 0) is 9.53 Å². The number of nitriles is 1. The molecule has 3 rings (SSSR count). The van der Waals surface area contributed by atoms with Gasteiger partial charge in [-0.1, -0.05) is 6.92 Å². The smallest absolute Gasteiger partial charge is 0.341 e. The Morgan fingerprint density at radius 3 is 2.35 bits per heavy atom. The molecular formula is C25H26FN3O5. The Morgan fingerprint density at radius 2 is 1.79 bits per heavy atom. The van der Waals surface area contributed by atoms with Gasteiger partial charge in [-0.2, -0.15) is 5.26 Å². The first-order valence-corrected chi connectivity index (χ1v) is 10.7. The Hall–Kier alpha value is -3.93. The van der Waals surface area contributed by atoms with Crippen LogP contribution in [-0.4, -0.2) is 36.2 Å². The lowest BCUT2D eigenvalue weighted by Crippen LogP contribution is -2.44. The number of carbonyl (C=O) groups excluding carboxylic acids is 3. The summed E-state index contributed by atoms with van der Waals surface area (Å²) in [5.41, 5.74) is -1.81. The van der Waals surface area contributed by atoms with Gasteiger partial charge >= 0.3 is 12.0 Å². The van der Waals surface area contributed by atoms with Crippen LogP contribution >= 0.6 is 0 Å². The third-order valence-corrected chi connectivity index (χ3v) is 5.88. The molecule has 0 atom stereocenters. The zero-order valence-corrected chi connectivity index (χ0v) is 19.9. The summed E-state index contributed by atoms with van der Waals surface area (Å²) >= 11 is 0. The van der Waals surface area contributed by atoms with E-state index in [2.05, 4.69) is 0 Å². The molecule has 2 aromatic rings. The van der Waals surface area contributed by atoms with Crippen LogP contribution in [0.15, 0.2) is 36.4 Å². The topological polar surface area (TPSA) is 99.9 Å². The molecule has 1 heterocycles. The van der Waals surface area contributed by atoms with Gasteiger partial charge in [0.05, 0.1) is 23.9 Å². The zero-order chi connectivity index (χ0) is 25.4. The number of methoxy groups -OCH3 is 1. The van der Waals surface area contributed by atoms with E-state index in [0.29, 0.717) is 6.42 Å². The highest BCUT2D eigenvalue weighted by Crippen LogP contribution is 2.38. The SMILES string of the molecule is CCC(C)(C)OC(=O)c1ccc(N2C(=O)N(c3ccc(C#N)c(OC)c3)C(=O)C2(C)C)cc1F. The summed E-state index contributed by atoms with van der Waals surface area (Å²) < 4.78 is 25.5. The van der Waals surface area contributed by atoms with E-state index in [1.807, 2.05) is 13.0 Å². The number of esters is 1. The van der Waals surface area contributed by atoms with Crippen LogP contribution in [0.25, 0.3) is 0 Å². The molecule has 0 bridgehead atoms. The van der Waals surface area contributed by atoms with Gasteiger partial charge in [0.1, 0.15) is 28.8 Å². The molecule has 1 saturated heterocycles. The van der Waals surface area contributed by atoms with E-state index in [9.17, 15) is 24.0 Å². The summed E-state index contributed by atoms with van der Waals surface area (Å²) in [6, 6.07) is 9.26. The molecular weight excluding hydrogens is 441 g/mol. The molecule has 8 nitrogen and oxygen atoms in total. The summed E-state index contributed by atoms with van der Waals surface area (Å²) in [5.74, 6) is -2.02. The molecule has 1 aliphatic heterocycles. The summed E-state index contributed by atoms with van der Waals surface area (Å²) in [6.07, 6.45) is 0.549. The molecule has 0 aromatic heterocycles. The average Bonchev–Trinajstić information content (AvgIpc) is 2.96. The summed E-state index contributed by atoms with van der Waals surface area (Å²) in [5, 5.41) is 9.19. The maximum Gasteiger partial charge on any atom is 0.341 e. The van der Waals surface area contributed by atoms with E-state index >= 15 is 0 Å². The molecule has 1 fully saturated rings. The van der Waals surface area contributed by atoms with Crippen LogP contribution < -0.4 is 14.5 Å². The van der Waals surface area contributed by atoms with Crippen molar-refractivity contribution in [1.29, 1.82) is 5.26 Å². The van der Waals surface area contributed by atoms with Crippen molar-refractivity contribution in [2.45, 2.75) is 52.2 Å². The minimum Gasteiger partial charge on any atom is -0.495 e. The summed E-state index contributed by atoms with van der Waals surface area (Å²) in [7, 11) is 1.38. The number of halogens is 1. The Labute approximate surface area is 197 Å². The summed E-state index contributed by atoms with van der Waals surface area (Å²) in [4.78, 5) is 41.1. The minimum absolute atomic E-state index is 0.107. The fraction of sp³-hybridized carbons (Fsp3) is 0.360. The first-order valence-electron chi connectivity index (χ1n) is 10.7. The predicted molar refractivity (Wildman–Crippen MR) is 123 cm³/mol. The molecule has 178 valence electrons. The van der Waals surface area contributed by atoms with Crippen molar-refractivity contribution in [1.82, 2.24) is 0 Å². The second-order valence-corrected chi connectivity index (χ2v) is 8.98. The first kappa shape index (κ1) is 24.7. The fourth-order valence-electron chi connectivity index (χ4n) is 3.55. The maximum absolute atomic E-state index is 14.9. The van der Waals surface area contributed by atoms with Crippen molar-refractivity contribution >= 4 is 29.3 Å². The number of urea groups is 1. The number of carbonyl (C=O) groups is 3. The molecule has 2 aromatic carbocycles. The van der Waals surface area contributed by atoms with Gasteiger partial charge < -0.3 is 9.47 Å². The van der Waals surface area contributed by atoms with Crippen molar-refractivity contribution in [3.8, 4) is 11.8 Å². The van der Waals surface area contributed by atoms with Gasteiger partial charge in [-0.3, -0.25) is 9.69 Å². The number of nitrogens with zero attached hydrogens (tertiary/aromatic N) is 3. The van der Waals surface area contributed by atoms with Crippen molar-refractivity contribution in [3.05, 3.63) is 53.3 Å². The monoisotopic (exact) mass is 467 g/mol. The third-order valence-electron chi connectivity index (χ3n) is 5.88. The van der Waals surface area contributed by atoms with Gasteiger partial charge in [-0.15, -0.1) is 0 Å². The third kappa shape index (κ3) is 4.19. The fourth-order valence-corrected chi connectivity index (χ4v) is 3.55. The molecule has 9 heteroatoms. The number of anilines is 2. The Balaban J connectivity index is 1.99. The lowest BCUT2D eigenvalue weighted by atomic mass is 10.0. The molecule has 0 saturated carbocycles. The molecule has 0 N–H and O–H groups in total. The van der Waals surface area contributed by atoms with E-state index in [-0.39, 0.29) is 28.3 Å². The van der Waals surface area contributed by atoms with E-state index in [1.54, 1.807) is 13.8 Å². The van der Waals surface area contributed by atoms with E-state index in [4.69, 9.17) is 9.47 Å². The van der Waals surface area contributed by atoms with Crippen molar-refractivity contribution in [2.24, 2.45) is 0 Å². The van der Waals surface area contributed by atoms with Gasteiger partial charge in [0, 0.05) is 11.8 Å². The van der Waals surface area contributed by atoms with Gasteiger partial charge in [0.25, 0.3) is 5.91 Å². The first-order chi connectivity index (χ1) is 15.9. The Bertz CT molecular complexity index is 1220. The number of hydrogen-bond acceptors (Lipinski definition) is 6. The van der Waals surface area contributed by atoms with Crippen molar-refractivity contribution in [3.63, 3.8) is 0 Å². The highest BCUT2D eigenvalue weighted by Gasteiger charge is 2.53. The van der Waals surface area contributed by atoms with Gasteiger partial charge in [0.2, 0.25) is 0 Å². The average molecular weight is 467 g/mol. The zero-order valence-electron chi connectivity index (χ0n) is 19.9. The molecule has 1 aliphatic rings. The van der Waals surface area contributed by atoms with Crippen LogP contribution in [0.2, 0.25) is 0 Å². The van der Waals surface area contributed by atoms with Crippen LogP contribution in [0, 0.1) is 17.1 Å². The molecule has 0 spiro atoms. The second kappa shape index (κ2) is 8.78. The molecule has 0 unspecified atom stereocenters. The predicted octanol–water partition coefficient (Wildman–Crippen LogP) is 4.80. The maximum atomic E-state index is 14.9. The number of ether oxygens (including phenoxy) is 2. The standard InChI is InChI=1S/C25H26FN3O5/c1-7-24(2,3)34-21(30)18-11-10-17(12-19(18)26)29-23(32)28(22(31)25(29,4)5)16-9-8-15(14-27)20(13-16)33-6/h8-13H,7H2,1-6H3. The summed E-state index contributed by atoms with van der Waals surface area (Å²) in [6.45, 7) is 8.37. The van der Waals surface area contributed by atoms with Crippen LogP contribution in [0.1, 0.15) is 57.0 Å². The normalized spacial score (nSPS) is 15.4. The lowest BCUT2D eigenvalue weighted by molar-refractivity contribution is -0.120. The second-order valence-electron chi connectivity index (χ2n) is 8.98. The number of amides is 3. The van der Waals surface area contributed by atoms with Crippen LogP contribution in [0.5, 0.6) is 5.75 Å². The highest BCUT2D eigenvalue weighted by molar-refractivity contribution is 6.30. The Kier molecular flexibility index (Phi) is 6.38. The van der Waals surface area contributed by atoms with E-state index in [0.717, 1.165) is 15.9 Å². The molecule has 0 aliphatic carbocycles. The molecule has 34 heavy (non-hydrogen) atoms. The van der Waals surface area contributed by atoms with E-state index < -0.39 is 34.9 Å². The van der Waals surface area contributed by atoms with Crippen LogP contribution in [0.3, 0.4) is 0 Å². The quantitative estimate of drug-likeness (QED) is 0.447. The highest BCUT2D eigenvalue weighted by atomic mass is 19.1. The lowest BCUT2D eigenvalue weighted by Gasteiger charge is -2.28. The number of rotatable bonds is 6. The Morgan fingerprint density at radius 1 is 1.15 bits per heavy atom. The van der Waals surface area contributed by atoms with Crippen molar-refractivity contribution in [2.75, 3.05) is 16.9 Å². The number of imide groups is 1. The minimum atomic E-state index is -1.35. The largest absolute Gasteiger partial charge is 0.495 e. The van der Waals surface area contributed by atoms with Gasteiger partial charge in [0.15, 0.2) is 0 Å². The van der Waals surface area contributed by atoms with Gasteiger partial charge in [-0.05, 0) is 64.4 Å². The number of hydrogen-bond donors (Lipinski definition) is 0. The number of benzene rings is 2.